The molecule has 8 heteroatoms. The fourth-order valence-electron chi connectivity index (χ4n) is 2.92. The Morgan fingerprint density at radius 2 is 1.96 bits per heavy atom. The van der Waals surface area contributed by atoms with E-state index >= 15 is 0 Å². The van der Waals surface area contributed by atoms with E-state index < -0.39 is 0 Å². The van der Waals surface area contributed by atoms with Crippen molar-refractivity contribution >= 4 is 39.5 Å². The van der Waals surface area contributed by atoms with Crippen LogP contribution in [-0.4, -0.2) is 44.8 Å². The molecular formula is C15H15Cl2N5S. The van der Waals surface area contributed by atoms with Gasteiger partial charge in [-0.2, -0.15) is 9.61 Å². The Kier molecular flexibility index (Phi) is 4.01. The number of piperidine rings is 1. The van der Waals surface area contributed by atoms with Gasteiger partial charge in [-0.3, -0.25) is 0 Å². The normalized spacial score (nSPS) is 17.2. The van der Waals surface area contributed by atoms with Gasteiger partial charge in [-0.1, -0.05) is 34.5 Å². The van der Waals surface area contributed by atoms with Crippen molar-refractivity contribution in [2.75, 3.05) is 20.1 Å². The molecule has 0 aliphatic carbocycles. The average molecular weight is 368 g/mol. The number of rotatable bonds is 2. The van der Waals surface area contributed by atoms with Gasteiger partial charge in [0.2, 0.25) is 4.96 Å². The monoisotopic (exact) mass is 367 g/mol. The molecule has 0 N–H and O–H groups in total. The standard InChI is InChI=1S/C15H15Cl2N5S/c1-21-6-4-9(5-7-21)13-18-19-15-22(13)20-14(23-15)11-8-10(16)2-3-12(11)17/h2-3,8-9H,4-7H2,1H3. The van der Waals surface area contributed by atoms with Crippen LogP contribution in [0.4, 0.5) is 0 Å². The van der Waals surface area contributed by atoms with E-state index in [1.165, 1.54) is 11.3 Å². The summed E-state index contributed by atoms with van der Waals surface area (Å²) in [4.78, 5) is 3.14. The van der Waals surface area contributed by atoms with Gasteiger partial charge in [0.25, 0.3) is 0 Å². The zero-order chi connectivity index (χ0) is 16.0. The molecule has 5 nitrogen and oxygen atoms in total. The zero-order valence-corrected chi connectivity index (χ0v) is 14.9. The van der Waals surface area contributed by atoms with Gasteiger partial charge in [0, 0.05) is 16.5 Å². The van der Waals surface area contributed by atoms with E-state index in [1.54, 1.807) is 12.1 Å². The molecule has 0 atom stereocenters. The minimum Gasteiger partial charge on any atom is -0.306 e. The largest absolute Gasteiger partial charge is 0.306 e. The third kappa shape index (κ3) is 2.85. The van der Waals surface area contributed by atoms with E-state index in [-0.39, 0.29) is 0 Å². The van der Waals surface area contributed by atoms with Gasteiger partial charge >= 0.3 is 0 Å². The Balaban J connectivity index is 1.73. The SMILES string of the molecule is CN1CCC(c2nnc3sc(-c4cc(Cl)ccc4Cl)nn23)CC1. The van der Waals surface area contributed by atoms with Gasteiger partial charge in [0.15, 0.2) is 5.82 Å². The van der Waals surface area contributed by atoms with Crippen molar-refractivity contribution in [2.24, 2.45) is 0 Å². The highest BCUT2D eigenvalue weighted by molar-refractivity contribution is 7.19. The van der Waals surface area contributed by atoms with Gasteiger partial charge in [-0.05, 0) is 51.2 Å². The second-order valence-corrected chi connectivity index (χ2v) is 7.66. The molecule has 0 saturated carbocycles. The third-order valence-corrected chi connectivity index (χ3v) is 5.75. The smallest absolute Gasteiger partial charge is 0.234 e. The maximum absolute atomic E-state index is 6.29. The number of hydrogen-bond donors (Lipinski definition) is 0. The molecule has 1 aliphatic heterocycles. The lowest BCUT2D eigenvalue weighted by Gasteiger charge is -2.27. The molecule has 1 fully saturated rings. The van der Waals surface area contributed by atoms with Crippen LogP contribution in [-0.2, 0) is 0 Å². The van der Waals surface area contributed by atoms with Crippen LogP contribution in [0.3, 0.4) is 0 Å². The predicted octanol–water partition coefficient (Wildman–Crippen LogP) is 3.97. The van der Waals surface area contributed by atoms with Crippen LogP contribution in [0.1, 0.15) is 24.6 Å². The summed E-state index contributed by atoms with van der Waals surface area (Å²) in [5.41, 5.74) is 0.837. The second kappa shape index (κ2) is 6.02. The summed E-state index contributed by atoms with van der Waals surface area (Å²) in [5.74, 6) is 1.36. The Morgan fingerprint density at radius 1 is 1.17 bits per heavy atom. The molecule has 0 unspecified atom stereocenters. The highest BCUT2D eigenvalue weighted by atomic mass is 35.5. The number of likely N-dealkylation sites (tertiary alicyclic amines) is 1. The minimum absolute atomic E-state index is 0.408. The number of halogens is 2. The highest BCUT2D eigenvalue weighted by Crippen LogP contribution is 2.35. The Hall–Kier alpha value is -1.21. The third-order valence-electron chi connectivity index (χ3n) is 4.26. The fraction of sp³-hybridized carbons (Fsp3) is 0.400. The van der Waals surface area contributed by atoms with Crippen LogP contribution >= 0.6 is 34.5 Å². The van der Waals surface area contributed by atoms with E-state index in [2.05, 4.69) is 22.1 Å². The van der Waals surface area contributed by atoms with Crippen molar-refractivity contribution in [3.8, 4) is 10.6 Å². The van der Waals surface area contributed by atoms with Crippen molar-refractivity contribution in [1.29, 1.82) is 0 Å². The maximum Gasteiger partial charge on any atom is 0.234 e. The average Bonchev–Trinajstić information content (AvgIpc) is 3.11. The minimum atomic E-state index is 0.408. The van der Waals surface area contributed by atoms with Crippen LogP contribution in [0.5, 0.6) is 0 Å². The van der Waals surface area contributed by atoms with Gasteiger partial charge in [-0.25, -0.2) is 0 Å². The van der Waals surface area contributed by atoms with Gasteiger partial charge in [0.05, 0.1) is 5.02 Å². The first kappa shape index (κ1) is 15.3. The molecule has 0 radical (unpaired) electrons. The highest BCUT2D eigenvalue weighted by Gasteiger charge is 2.25. The van der Waals surface area contributed by atoms with E-state index in [0.717, 1.165) is 47.3 Å². The molecule has 120 valence electrons. The summed E-state index contributed by atoms with van der Waals surface area (Å²) in [7, 11) is 2.15. The summed E-state index contributed by atoms with van der Waals surface area (Å²) in [6.45, 7) is 2.16. The molecule has 0 bridgehead atoms. The van der Waals surface area contributed by atoms with Crippen molar-refractivity contribution in [2.45, 2.75) is 18.8 Å². The molecule has 1 aromatic carbocycles. The van der Waals surface area contributed by atoms with Crippen LogP contribution in [0, 0.1) is 0 Å². The van der Waals surface area contributed by atoms with Gasteiger partial charge in [-0.15, -0.1) is 10.2 Å². The molecule has 3 aromatic rings. The molecule has 0 spiro atoms. The topological polar surface area (TPSA) is 46.3 Å². The van der Waals surface area contributed by atoms with Crippen LogP contribution in [0.25, 0.3) is 15.5 Å². The summed E-state index contributed by atoms with van der Waals surface area (Å²) >= 11 is 13.9. The summed E-state index contributed by atoms with van der Waals surface area (Å²) in [6, 6.07) is 5.40. The van der Waals surface area contributed by atoms with Crippen LogP contribution < -0.4 is 0 Å². The van der Waals surface area contributed by atoms with Gasteiger partial charge in [0.1, 0.15) is 5.01 Å². The summed E-state index contributed by atoms with van der Waals surface area (Å²) in [6.07, 6.45) is 2.17. The van der Waals surface area contributed by atoms with Crippen molar-refractivity contribution in [1.82, 2.24) is 24.7 Å². The van der Waals surface area contributed by atoms with Crippen molar-refractivity contribution < 1.29 is 0 Å². The predicted molar refractivity (Wildman–Crippen MR) is 93.6 cm³/mol. The number of nitrogens with zero attached hydrogens (tertiary/aromatic N) is 5. The van der Waals surface area contributed by atoms with E-state index in [4.69, 9.17) is 28.3 Å². The molecule has 3 heterocycles. The molecule has 23 heavy (non-hydrogen) atoms. The first-order chi connectivity index (χ1) is 11.1. The maximum atomic E-state index is 6.29. The number of hydrogen-bond acceptors (Lipinski definition) is 5. The molecule has 2 aromatic heterocycles. The zero-order valence-electron chi connectivity index (χ0n) is 12.5. The quantitative estimate of drug-likeness (QED) is 0.687. The lowest BCUT2D eigenvalue weighted by atomic mass is 9.96. The van der Waals surface area contributed by atoms with Crippen molar-refractivity contribution in [3.05, 3.63) is 34.1 Å². The lowest BCUT2D eigenvalue weighted by molar-refractivity contribution is 0.250. The van der Waals surface area contributed by atoms with Crippen LogP contribution in [0.15, 0.2) is 18.2 Å². The molecule has 4 rings (SSSR count). The Labute approximate surface area is 147 Å². The van der Waals surface area contributed by atoms with Gasteiger partial charge < -0.3 is 4.90 Å². The molecule has 1 saturated heterocycles. The number of fused-ring (bicyclic) bond motifs is 1. The number of aromatic nitrogens is 4. The summed E-state index contributed by atoms with van der Waals surface area (Å²) < 4.78 is 1.87. The van der Waals surface area contributed by atoms with E-state index in [9.17, 15) is 0 Å². The Bertz CT molecular complexity index is 851. The lowest BCUT2D eigenvalue weighted by Crippen LogP contribution is -2.30. The van der Waals surface area contributed by atoms with Crippen LogP contribution in [0.2, 0.25) is 10.0 Å². The Morgan fingerprint density at radius 3 is 2.74 bits per heavy atom. The molecule has 1 aliphatic rings. The molecular weight excluding hydrogens is 353 g/mol. The first-order valence-electron chi connectivity index (χ1n) is 7.48. The number of benzene rings is 1. The second-order valence-electron chi connectivity index (χ2n) is 5.86. The fourth-order valence-corrected chi connectivity index (χ4v) is 4.24. The summed E-state index contributed by atoms with van der Waals surface area (Å²) in [5, 5.41) is 15.4. The van der Waals surface area contributed by atoms with E-state index in [1.807, 2.05) is 10.6 Å². The molecule has 0 amide bonds. The van der Waals surface area contributed by atoms with E-state index in [0.29, 0.717) is 16.0 Å². The first-order valence-corrected chi connectivity index (χ1v) is 9.05. The van der Waals surface area contributed by atoms with Crippen molar-refractivity contribution in [3.63, 3.8) is 0 Å².